The largest absolute Gasteiger partial charge is 0.446 e. The monoisotopic (exact) mass is 519 g/mol. The molecule has 2 atom stereocenters. The molecule has 2 unspecified atom stereocenters. The summed E-state index contributed by atoms with van der Waals surface area (Å²) in [5.41, 5.74) is 5.81. The van der Waals surface area contributed by atoms with Gasteiger partial charge in [0.1, 0.15) is 11.6 Å². The Kier molecular flexibility index (Phi) is 10.2. The van der Waals surface area contributed by atoms with Crippen molar-refractivity contribution in [1.29, 1.82) is 0 Å². The number of primary amides is 1. The first kappa shape index (κ1) is 29.1. The minimum absolute atomic E-state index is 0.131. The third kappa shape index (κ3) is 9.11. The standard InChI is InChI=1S/C25H35N3O4.C6H6/c1-18(28-16-12-21(32-23(28)30)17-24(2,3)31)20-9-7-19(8-10-20)11-15-25(27-22(26)29)13-5-4-6-14-25;1-2-4-6-5-3-1/h7-10,18,21,31H,4-6,12-14,16-17H2,1-3H3,(H3,26,27,29);1-6H. The van der Waals surface area contributed by atoms with Crippen molar-refractivity contribution in [2.24, 2.45) is 5.73 Å². The van der Waals surface area contributed by atoms with Crippen LogP contribution in [0, 0.1) is 11.8 Å². The molecule has 2 aromatic rings. The summed E-state index contributed by atoms with van der Waals surface area (Å²) < 4.78 is 5.55. The van der Waals surface area contributed by atoms with E-state index in [2.05, 4.69) is 17.2 Å². The van der Waals surface area contributed by atoms with Crippen LogP contribution in [0.2, 0.25) is 0 Å². The molecular weight excluding hydrogens is 478 g/mol. The van der Waals surface area contributed by atoms with Crippen LogP contribution in [0.3, 0.4) is 0 Å². The molecule has 4 N–H and O–H groups in total. The molecule has 1 heterocycles. The average molecular weight is 520 g/mol. The molecule has 1 saturated heterocycles. The number of rotatable bonds is 5. The molecule has 2 fully saturated rings. The lowest BCUT2D eigenvalue weighted by molar-refractivity contribution is -0.0309. The van der Waals surface area contributed by atoms with Crippen molar-refractivity contribution in [2.75, 3.05) is 6.54 Å². The fraction of sp³-hybridized carbons (Fsp3) is 0.484. The van der Waals surface area contributed by atoms with E-state index in [-0.39, 0.29) is 18.2 Å². The molecule has 0 aromatic heterocycles. The number of amides is 3. The third-order valence-corrected chi connectivity index (χ3v) is 6.96. The highest BCUT2D eigenvalue weighted by Gasteiger charge is 2.34. The van der Waals surface area contributed by atoms with Gasteiger partial charge in [-0.1, -0.05) is 79.6 Å². The first-order chi connectivity index (χ1) is 18.1. The maximum absolute atomic E-state index is 12.5. The molecule has 2 aromatic carbocycles. The second-order valence-electron chi connectivity index (χ2n) is 10.8. The van der Waals surface area contributed by atoms with Crippen LogP contribution in [0.1, 0.15) is 82.9 Å². The molecule has 4 rings (SSSR count). The quantitative estimate of drug-likeness (QED) is 0.452. The molecule has 1 aliphatic heterocycles. The van der Waals surface area contributed by atoms with Gasteiger partial charge in [-0.25, -0.2) is 9.59 Å². The summed E-state index contributed by atoms with van der Waals surface area (Å²) in [7, 11) is 0. The van der Waals surface area contributed by atoms with Gasteiger partial charge in [0.25, 0.3) is 0 Å². The topological polar surface area (TPSA) is 105 Å². The van der Waals surface area contributed by atoms with Gasteiger partial charge >= 0.3 is 12.1 Å². The number of aliphatic hydroxyl groups is 1. The highest BCUT2D eigenvalue weighted by molar-refractivity contribution is 5.73. The van der Waals surface area contributed by atoms with Crippen molar-refractivity contribution in [3.8, 4) is 11.8 Å². The maximum Gasteiger partial charge on any atom is 0.410 e. The Morgan fingerprint density at radius 1 is 1.13 bits per heavy atom. The summed E-state index contributed by atoms with van der Waals surface area (Å²) in [6.07, 6.45) is 5.32. The zero-order chi connectivity index (χ0) is 27.6. The molecule has 0 bridgehead atoms. The molecule has 3 amide bonds. The Labute approximate surface area is 226 Å². The van der Waals surface area contributed by atoms with Crippen molar-refractivity contribution in [1.82, 2.24) is 10.2 Å². The SMILES string of the molecule is CC(c1ccc(C#CC2(NC(N)=O)CCCCC2)cc1)N1CCC(CC(C)(C)O)OC1=O.c1ccccc1. The van der Waals surface area contributed by atoms with E-state index >= 15 is 0 Å². The van der Waals surface area contributed by atoms with Crippen molar-refractivity contribution in [3.05, 3.63) is 71.8 Å². The zero-order valence-corrected chi connectivity index (χ0v) is 22.8. The number of hydrogen-bond acceptors (Lipinski definition) is 4. The number of hydrogen-bond donors (Lipinski definition) is 3. The number of benzene rings is 2. The Morgan fingerprint density at radius 2 is 1.71 bits per heavy atom. The van der Waals surface area contributed by atoms with E-state index in [0.29, 0.717) is 19.4 Å². The van der Waals surface area contributed by atoms with Crippen LogP contribution in [0.5, 0.6) is 0 Å². The van der Waals surface area contributed by atoms with Crippen molar-refractivity contribution < 1.29 is 19.4 Å². The Balaban J connectivity index is 0.000000585. The normalized spacial score (nSPS) is 19.5. The van der Waals surface area contributed by atoms with E-state index in [0.717, 1.165) is 43.2 Å². The lowest BCUT2D eigenvalue weighted by Gasteiger charge is -2.37. The number of nitrogens with two attached hydrogens (primary N) is 1. The Morgan fingerprint density at radius 3 is 2.21 bits per heavy atom. The van der Waals surface area contributed by atoms with E-state index in [9.17, 15) is 14.7 Å². The van der Waals surface area contributed by atoms with Crippen LogP contribution in [0.15, 0.2) is 60.7 Å². The molecular formula is C31H41N3O4. The number of carbonyl (C=O) groups is 2. The van der Waals surface area contributed by atoms with E-state index in [1.165, 1.54) is 0 Å². The summed E-state index contributed by atoms with van der Waals surface area (Å²) in [5, 5.41) is 12.8. The second-order valence-corrected chi connectivity index (χ2v) is 10.8. The van der Waals surface area contributed by atoms with Crippen LogP contribution in [0.25, 0.3) is 0 Å². The minimum Gasteiger partial charge on any atom is -0.446 e. The van der Waals surface area contributed by atoms with Crippen LogP contribution in [-0.4, -0.2) is 45.9 Å². The lowest BCUT2D eigenvalue weighted by Crippen LogP contribution is -2.50. The molecule has 204 valence electrons. The van der Waals surface area contributed by atoms with E-state index < -0.39 is 17.2 Å². The third-order valence-electron chi connectivity index (χ3n) is 6.96. The van der Waals surface area contributed by atoms with E-state index in [1.807, 2.05) is 67.6 Å². The number of ether oxygens (including phenoxy) is 1. The van der Waals surface area contributed by atoms with Gasteiger partial charge in [0.15, 0.2) is 0 Å². The summed E-state index contributed by atoms with van der Waals surface area (Å²) in [5.74, 6) is 6.45. The maximum atomic E-state index is 12.5. The van der Waals surface area contributed by atoms with Gasteiger partial charge < -0.3 is 25.8 Å². The molecule has 2 aliphatic rings. The van der Waals surface area contributed by atoms with Gasteiger partial charge in [-0.2, -0.15) is 0 Å². The van der Waals surface area contributed by atoms with Gasteiger partial charge in [-0.05, 0) is 51.3 Å². The van der Waals surface area contributed by atoms with Crippen LogP contribution in [0.4, 0.5) is 9.59 Å². The van der Waals surface area contributed by atoms with Crippen molar-refractivity contribution in [2.45, 2.75) is 89.0 Å². The zero-order valence-electron chi connectivity index (χ0n) is 22.8. The fourth-order valence-corrected chi connectivity index (χ4v) is 4.97. The predicted octanol–water partition coefficient (Wildman–Crippen LogP) is 5.53. The highest BCUT2D eigenvalue weighted by Crippen LogP contribution is 2.29. The number of nitrogens with zero attached hydrogens (tertiary/aromatic N) is 1. The summed E-state index contributed by atoms with van der Waals surface area (Å²) in [6.45, 7) is 6.01. The number of cyclic esters (lactones) is 1. The summed E-state index contributed by atoms with van der Waals surface area (Å²) in [6, 6.07) is 19.1. The molecule has 0 spiro atoms. The van der Waals surface area contributed by atoms with Crippen LogP contribution in [-0.2, 0) is 4.74 Å². The van der Waals surface area contributed by atoms with Gasteiger partial charge in [-0.3, -0.25) is 0 Å². The molecule has 0 radical (unpaired) electrons. The molecule has 1 saturated carbocycles. The summed E-state index contributed by atoms with van der Waals surface area (Å²) in [4.78, 5) is 25.7. The van der Waals surface area contributed by atoms with Gasteiger partial charge in [0.05, 0.1) is 11.6 Å². The van der Waals surface area contributed by atoms with E-state index in [1.54, 1.807) is 18.7 Å². The van der Waals surface area contributed by atoms with Crippen LogP contribution >= 0.6 is 0 Å². The fourth-order valence-electron chi connectivity index (χ4n) is 4.97. The lowest BCUT2D eigenvalue weighted by atomic mass is 9.82. The second kappa shape index (κ2) is 13.3. The number of nitrogens with one attached hydrogen (secondary N) is 1. The highest BCUT2D eigenvalue weighted by atomic mass is 16.6. The minimum atomic E-state index is -0.862. The van der Waals surface area contributed by atoms with Gasteiger partial charge in [0, 0.05) is 24.9 Å². The van der Waals surface area contributed by atoms with E-state index in [4.69, 9.17) is 10.5 Å². The van der Waals surface area contributed by atoms with Crippen LogP contribution < -0.4 is 11.1 Å². The smallest absolute Gasteiger partial charge is 0.410 e. The van der Waals surface area contributed by atoms with Crippen molar-refractivity contribution in [3.63, 3.8) is 0 Å². The number of urea groups is 1. The summed E-state index contributed by atoms with van der Waals surface area (Å²) >= 11 is 0. The first-order valence-electron chi connectivity index (χ1n) is 13.5. The molecule has 7 heteroatoms. The first-order valence-corrected chi connectivity index (χ1v) is 13.5. The average Bonchev–Trinajstić information content (AvgIpc) is 2.88. The molecule has 38 heavy (non-hydrogen) atoms. The van der Waals surface area contributed by atoms with Crippen molar-refractivity contribution >= 4 is 12.1 Å². The Hall–Kier alpha value is -3.50. The number of carbonyl (C=O) groups excluding carboxylic acids is 2. The van der Waals surface area contributed by atoms with Gasteiger partial charge in [0.2, 0.25) is 0 Å². The molecule has 1 aliphatic carbocycles. The molecule has 7 nitrogen and oxygen atoms in total. The Bertz CT molecular complexity index is 1070. The predicted molar refractivity (Wildman–Crippen MR) is 149 cm³/mol. The van der Waals surface area contributed by atoms with Gasteiger partial charge in [-0.15, -0.1) is 0 Å².